The molecule has 3 rings (SSSR count). The SMILES string of the molecule is COc1ccc(OC)c(S(=O)(=O)NCc2cccnc2-c2ccsc2)c1. The highest BCUT2D eigenvalue weighted by Crippen LogP contribution is 2.29. The van der Waals surface area contributed by atoms with Crippen LogP contribution in [-0.2, 0) is 16.6 Å². The fourth-order valence-electron chi connectivity index (χ4n) is 2.48. The second kappa shape index (κ2) is 7.86. The van der Waals surface area contributed by atoms with Gasteiger partial charge in [-0.15, -0.1) is 0 Å². The molecule has 0 saturated heterocycles. The lowest BCUT2D eigenvalue weighted by Crippen LogP contribution is -2.24. The number of hydrogen-bond acceptors (Lipinski definition) is 6. The average Bonchev–Trinajstić information content (AvgIpc) is 3.20. The number of nitrogens with one attached hydrogen (secondary N) is 1. The molecule has 0 saturated carbocycles. The number of benzene rings is 1. The minimum Gasteiger partial charge on any atom is -0.497 e. The number of rotatable bonds is 7. The predicted molar refractivity (Wildman–Crippen MR) is 101 cm³/mol. The summed E-state index contributed by atoms with van der Waals surface area (Å²) < 4.78 is 38.5. The van der Waals surface area contributed by atoms with Gasteiger partial charge in [-0.1, -0.05) is 6.07 Å². The molecule has 26 heavy (non-hydrogen) atoms. The Kier molecular flexibility index (Phi) is 5.55. The third-order valence-electron chi connectivity index (χ3n) is 3.80. The molecule has 8 heteroatoms. The van der Waals surface area contributed by atoms with Crippen molar-refractivity contribution in [1.29, 1.82) is 0 Å². The van der Waals surface area contributed by atoms with Gasteiger partial charge in [-0.25, -0.2) is 13.1 Å². The smallest absolute Gasteiger partial charge is 0.244 e. The number of hydrogen-bond donors (Lipinski definition) is 1. The zero-order valence-electron chi connectivity index (χ0n) is 14.3. The first kappa shape index (κ1) is 18.4. The average molecular weight is 390 g/mol. The second-order valence-electron chi connectivity index (χ2n) is 5.36. The molecule has 0 bridgehead atoms. The summed E-state index contributed by atoms with van der Waals surface area (Å²) >= 11 is 1.56. The van der Waals surface area contributed by atoms with Crippen LogP contribution in [0.3, 0.4) is 0 Å². The molecule has 1 aromatic carbocycles. The van der Waals surface area contributed by atoms with Crippen molar-refractivity contribution in [2.24, 2.45) is 0 Å². The third-order valence-corrected chi connectivity index (χ3v) is 5.90. The summed E-state index contributed by atoms with van der Waals surface area (Å²) in [7, 11) is -0.892. The lowest BCUT2D eigenvalue weighted by atomic mass is 10.1. The zero-order valence-corrected chi connectivity index (χ0v) is 15.9. The van der Waals surface area contributed by atoms with Crippen LogP contribution in [0.25, 0.3) is 11.3 Å². The van der Waals surface area contributed by atoms with Crippen LogP contribution in [0.1, 0.15) is 5.56 Å². The molecule has 6 nitrogen and oxygen atoms in total. The molecule has 3 aromatic rings. The van der Waals surface area contributed by atoms with Crippen LogP contribution in [-0.4, -0.2) is 27.6 Å². The second-order valence-corrected chi connectivity index (χ2v) is 7.88. The molecule has 0 atom stereocenters. The van der Waals surface area contributed by atoms with E-state index in [9.17, 15) is 8.42 Å². The Balaban J connectivity index is 1.89. The highest BCUT2D eigenvalue weighted by molar-refractivity contribution is 7.89. The van der Waals surface area contributed by atoms with E-state index in [2.05, 4.69) is 9.71 Å². The summed E-state index contributed by atoms with van der Waals surface area (Å²) in [6.07, 6.45) is 1.69. The van der Waals surface area contributed by atoms with Crippen LogP contribution in [0, 0.1) is 0 Å². The largest absolute Gasteiger partial charge is 0.497 e. The van der Waals surface area contributed by atoms with Gasteiger partial charge in [0, 0.05) is 29.8 Å². The van der Waals surface area contributed by atoms with E-state index in [4.69, 9.17) is 9.47 Å². The third kappa shape index (κ3) is 3.87. The van der Waals surface area contributed by atoms with E-state index in [-0.39, 0.29) is 17.2 Å². The van der Waals surface area contributed by atoms with Crippen molar-refractivity contribution in [3.8, 4) is 22.8 Å². The van der Waals surface area contributed by atoms with Gasteiger partial charge in [-0.2, -0.15) is 11.3 Å². The van der Waals surface area contributed by atoms with Crippen molar-refractivity contribution < 1.29 is 17.9 Å². The topological polar surface area (TPSA) is 77.5 Å². The molecule has 2 aromatic heterocycles. The molecular formula is C18H18N2O4S2. The maximum atomic E-state index is 12.8. The Morgan fingerprint density at radius 1 is 1.15 bits per heavy atom. The molecule has 136 valence electrons. The molecule has 0 spiro atoms. The molecule has 0 radical (unpaired) electrons. The lowest BCUT2D eigenvalue weighted by molar-refractivity contribution is 0.392. The molecule has 0 amide bonds. The Labute approximate surface area is 156 Å². The van der Waals surface area contributed by atoms with Gasteiger partial charge in [-0.3, -0.25) is 4.98 Å². The molecule has 0 aliphatic heterocycles. The van der Waals surface area contributed by atoms with Crippen molar-refractivity contribution in [3.63, 3.8) is 0 Å². The van der Waals surface area contributed by atoms with Gasteiger partial charge in [0.25, 0.3) is 0 Å². The molecule has 1 N–H and O–H groups in total. The van der Waals surface area contributed by atoms with Gasteiger partial charge in [0.2, 0.25) is 10.0 Å². The number of aromatic nitrogens is 1. The monoisotopic (exact) mass is 390 g/mol. The van der Waals surface area contributed by atoms with Crippen molar-refractivity contribution in [2.75, 3.05) is 14.2 Å². The quantitative estimate of drug-likeness (QED) is 0.670. The van der Waals surface area contributed by atoms with Crippen LogP contribution >= 0.6 is 11.3 Å². The molecule has 0 fully saturated rings. The zero-order chi connectivity index (χ0) is 18.6. The number of sulfonamides is 1. The maximum Gasteiger partial charge on any atom is 0.244 e. The maximum absolute atomic E-state index is 12.8. The van der Waals surface area contributed by atoms with Crippen LogP contribution in [0.5, 0.6) is 11.5 Å². The van der Waals surface area contributed by atoms with Crippen LogP contribution in [0.2, 0.25) is 0 Å². The van der Waals surface area contributed by atoms with Crippen LogP contribution < -0.4 is 14.2 Å². The first-order valence-electron chi connectivity index (χ1n) is 7.73. The molecule has 0 aliphatic rings. The van der Waals surface area contributed by atoms with Crippen LogP contribution in [0.15, 0.2) is 58.3 Å². The summed E-state index contributed by atoms with van der Waals surface area (Å²) in [4.78, 5) is 4.41. The van der Waals surface area contributed by atoms with Crippen molar-refractivity contribution >= 4 is 21.4 Å². The molecule has 0 aliphatic carbocycles. The Morgan fingerprint density at radius 3 is 2.69 bits per heavy atom. The summed E-state index contributed by atoms with van der Waals surface area (Å²) in [5, 5.41) is 3.94. The van der Waals surface area contributed by atoms with E-state index in [0.717, 1.165) is 16.8 Å². The number of nitrogens with zero attached hydrogens (tertiary/aromatic N) is 1. The van der Waals surface area contributed by atoms with Crippen molar-refractivity contribution in [3.05, 3.63) is 58.9 Å². The van der Waals surface area contributed by atoms with Gasteiger partial charge >= 0.3 is 0 Å². The van der Waals surface area contributed by atoms with Gasteiger partial charge in [0.05, 0.1) is 19.9 Å². The highest BCUT2D eigenvalue weighted by atomic mass is 32.2. The normalized spacial score (nSPS) is 11.3. The van der Waals surface area contributed by atoms with E-state index < -0.39 is 10.0 Å². The van der Waals surface area contributed by atoms with Gasteiger partial charge in [0.15, 0.2) is 0 Å². The van der Waals surface area contributed by atoms with Crippen molar-refractivity contribution in [1.82, 2.24) is 9.71 Å². The summed E-state index contributed by atoms with van der Waals surface area (Å²) in [5.74, 6) is 0.689. The van der Waals surface area contributed by atoms with E-state index in [0.29, 0.717) is 5.75 Å². The molecule has 0 unspecified atom stereocenters. The van der Waals surface area contributed by atoms with E-state index in [1.807, 2.05) is 22.9 Å². The Morgan fingerprint density at radius 2 is 2.00 bits per heavy atom. The first-order valence-corrected chi connectivity index (χ1v) is 10.2. The van der Waals surface area contributed by atoms with Gasteiger partial charge < -0.3 is 9.47 Å². The minimum absolute atomic E-state index is 0.0281. The Hall–Kier alpha value is -2.42. The number of ether oxygens (including phenoxy) is 2. The van der Waals surface area contributed by atoms with E-state index in [1.165, 1.54) is 20.3 Å². The van der Waals surface area contributed by atoms with E-state index >= 15 is 0 Å². The van der Waals surface area contributed by atoms with Gasteiger partial charge in [0.1, 0.15) is 16.4 Å². The van der Waals surface area contributed by atoms with Crippen LogP contribution in [0.4, 0.5) is 0 Å². The predicted octanol–water partition coefficient (Wildman–Crippen LogP) is 3.31. The summed E-state index contributed by atoms with van der Waals surface area (Å²) in [6, 6.07) is 10.2. The highest BCUT2D eigenvalue weighted by Gasteiger charge is 2.21. The minimum atomic E-state index is -3.80. The lowest BCUT2D eigenvalue weighted by Gasteiger charge is -2.13. The fourth-order valence-corrected chi connectivity index (χ4v) is 4.31. The Bertz CT molecular complexity index is 986. The first-order chi connectivity index (χ1) is 12.5. The van der Waals surface area contributed by atoms with Gasteiger partial charge in [-0.05, 0) is 35.2 Å². The standard InChI is InChI=1S/C18H18N2O4S2/c1-23-15-5-6-16(24-2)17(10-15)26(21,22)20-11-13-4-3-8-19-18(13)14-7-9-25-12-14/h3-10,12,20H,11H2,1-2H3. The van der Waals surface area contributed by atoms with Crippen molar-refractivity contribution in [2.45, 2.75) is 11.4 Å². The summed E-state index contributed by atoms with van der Waals surface area (Å²) in [5.41, 5.74) is 2.51. The van der Waals surface area contributed by atoms with E-state index in [1.54, 1.807) is 35.7 Å². The molecule has 2 heterocycles. The fraction of sp³-hybridized carbons (Fsp3) is 0.167. The summed E-state index contributed by atoms with van der Waals surface area (Å²) in [6.45, 7) is 0.113. The number of thiophene rings is 1. The molecular weight excluding hydrogens is 372 g/mol. The number of pyridine rings is 1. The number of methoxy groups -OCH3 is 2.